The Balaban J connectivity index is 1.48. The van der Waals surface area contributed by atoms with Crippen molar-refractivity contribution in [3.63, 3.8) is 0 Å². The fraction of sp³-hybridized carbons (Fsp3) is 0.640. The van der Waals surface area contributed by atoms with Gasteiger partial charge in [-0.25, -0.2) is 0 Å². The van der Waals surface area contributed by atoms with E-state index in [0.717, 1.165) is 51.4 Å². The molecule has 1 saturated carbocycles. The Morgan fingerprint density at radius 1 is 1.10 bits per heavy atom. The van der Waals surface area contributed by atoms with Crippen LogP contribution < -0.4 is 0 Å². The van der Waals surface area contributed by atoms with Gasteiger partial charge >= 0.3 is 5.97 Å². The molecule has 1 heterocycles. The number of rotatable bonds is 12. The number of carboxylic acid groups (broad SMARTS) is 1. The first-order chi connectivity index (χ1) is 14.6. The van der Waals surface area contributed by atoms with Gasteiger partial charge in [-0.05, 0) is 62.3 Å². The molecule has 0 amide bonds. The largest absolute Gasteiger partial charge is 0.481 e. The van der Waals surface area contributed by atoms with E-state index in [1.54, 1.807) is 0 Å². The number of ether oxygens (including phenoxy) is 2. The number of aliphatic carboxylic acids is 1. The lowest BCUT2D eigenvalue weighted by molar-refractivity contribution is -0.170. The monoisotopic (exact) mass is 416 g/mol. The van der Waals surface area contributed by atoms with Gasteiger partial charge in [-0.2, -0.15) is 0 Å². The third-order valence-corrected chi connectivity index (χ3v) is 6.61. The highest BCUT2D eigenvalue weighted by Gasteiger charge is 2.40. The molecular weight excluding hydrogens is 380 g/mol. The average Bonchev–Trinajstić information content (AvgIpc) is 3.35. The van der Waals surface area contributed by atoms with Gasteiger partial charge in [0.2, 0.25) is 0 Å². The van der Waals surface area contributed by atoms with E-state index in [9.17, 15) is 9.90 Å². The standard InChI is InChI=1S/C25H36O5/c26-23-13-12-21(10-6-1-2-7-11-24(27)28)22(23)15-17-25(29-18-19-30-25)16-14-20-8-4-3-5-9-20/h1,3-6,8-9,21-23,26H,2,7,10-19H2,(H,27,28)/b6-1-/t21-,22+,23?/m0/s1. The molecule has 3 atom stereocenters. The van der Waals surface area contributed by atoms with E-state index in [0.29, 0.717) is 25.6 Å². The van der Waals surface area contributed by atoms with E-state index in [1.807, 2.05) is 6.07 Å². The minimum Gasteiger partial charge on any atom is -0.481 e. The van der Waals surface area contributed by atoms with Crippen molar-refractivity contribution in [3.05, 3.63) is 48.0 Å². The molecule has 2 N–H and O–H groups in total. The Morgan fingerprint density at radius 2 is 1.87 bits per heavy atom. The van der Waals surface area contributed by atoms with Crippen LogP contribution in [-0.4, -0.2) is 41.3 Å². The first kappa shape index (κ1) is 23.0. The summed E-state index contributed by atoms with van der Waals surface area (Å²) in [5, 5.41) is 19.3. The second kappa shape index (κ2) is 11.6. The lowest BCUT2D eigenvalue weighted by Gasteiger charge is -2.30. The van der Waals surface area contributed by atoms with Crippen LogP contribution in [0.25, 0.3) is 0 Å². The summed E-state index contributed by atoms with van der Waals surface area (Å²) < 4.78 is 12.1. The number of hydrogen-bond donors (Lipinski definition) is 2. The summed E-state index contributed by atoms with van der Waals surface area (Å²) in [5.41, 5.74) is 1.29. The Labute approximate surface area is 180 Å². The van der Waals surface area contributed by atoms with Gasteiger partial charge in [-0.1, -0.05) is 42.5 Å². The Kier molecular flexibility index (Phi) is 8.91. The zero-order valence-electron chi connectivity index (χ0n) is 17.9. The molecule has 1 unspecified atom stereocenters. The second-order valence-electron chi connectivity index (χ2n) is 8.69. The van der Waals surface area contributed by atoms with Gasteiger partial charge in [0.05, 0.1) is 19.3 Å². The van der Waals surface area contributed by atoms with Crippen LogP contribution in [-0.2, 0) is 20.7 Å². The third-order valence-electron chi connectivity index (χ3n) is 6.61. The Bertz CT molecular complexity index is 665. The molecule has 1 saturated heterocycles. The molecule has 5 nitrogen and oxygen atoms in total. The molecule has 0 radical (unpaired) electrons. The van der Waals surface area contributed by atoms with Gasteiger partial charge in [0.15, 0.2) is 5.79 Å². The van der Waals surface area contributed by atoms with Crippen LogP contribution in [0.4, 0.5) is 0 Å². The maximum atomic E-state index is 10.6. The number of carboxylic acids is 1. The summed E-state index contributed by atoms with van der Waals surface area (Å²) in [6.45, 7) is 1.29. The number of aryl methyl sites for hydroxylation is 1. The van der Waals surface area contributed by atoms with Crippen LogP contribution in [0.5, 0.6) is 0 Å². The molecular formula is C25H36O5. The van der Waals surface area contributed by atoms with Crippen LogP contribution in [0.3, 0.4) is 0 Å². The van der Waals surface area contributed by atoms with Crippen LogP contribution in [0, 0.1) is 11.8 Å². The van der Waals surface area contributed by atoms with Crippen molar-refractivity contribution in [2.24, 2.45) is 11.8 Å². The number of unbranched alkanes of at least 4 members (excludes halogenated alkanes) is 1. The van der Waals surface area contributed by atoms with Gasteiger partial charge in [0.25, 0.3) is 0 Å². The average molecular weight is 417 g/mol. The maximum Gasteiger partial charge on any atom is 0.303 e. The molecule has 0 bridgehead atoms. The summed E-state index contributed by atoms with van der Waals surface area (Å²) in [5.74, 6) is -0.506. The maximum absolute atomic E-state index is 10.6. The van der Waals surface area contributed by atoms with Gasteiger partial charge in [0.1, 0.15) is 0 Å². The van der Waals surface area contributed by atoms with E-state index in [4.69, 9.17) is 14.6 Å². The lowest BCUT2D eigenvalue weighted by Crippen LogP contribution is -2.33. The summed E-state index contributed by atoms with van der Waals surface area (Å²) in [6.07, 6.45) is 12.1. The molecule has 30 heavy (non-hydrogen) atoms. The van der Waals surface area contributed by atoms with Crippen molar-refractivity contribution in [2.75, 3.05) is 13.2 Å². The summed E-state index contributed by atoms with van der Waals surface area (Å²) in [4.78, 5) is 10.6. The topological polar surface area (TPSA) is 76.0 Å². The van der Waals surface area contributed by atoms with Crippen molar-refractivity contribution in [3.8, 4) is 0 Å². The van der Waals surface area contributed by atoms with Crippen molar-refractivity contribution < 1.29 is 24.5 Å². The molecule has 1 aliphatic heterocycles. The molecule has 1 aromatic rings. The molecule has 1 aromatic carbocycles. The fourth-order valence-electron chi connectivity index (χ4n) is 4.88. The summed E-state index contributed by atoms with van der Waals surface area (Å²) >= 11 is 0. The Morgan fingerprint density at radius 3 is 2.60 bits per heavy atom. The van der Waals surface area contributed by atoms with Crippen molar-refractivity contribution >= 4 is 5.97 Å². The summed E-state index contributed by atoms with van der Waals surface area (Å²) in [7, 11) is 0. The van der Waals surface area contributed by atoms with Gasteiger partial charge in [0, 0.05) is 19.3 Å². The molecule has 0 aromatic heterocycles. The number of carbonyl (C=O) groups is 1. The third kappa shape index (κ3) is 6.93. The highest BCUT2D eigenvalue weighted by Crippen LogP contribution is 2.41. The zero-order valence-corrected chi connectivity index (χ0v) is 17.9. The van der Waals surface area contributed by atoms with Gasteiger partial charge in [-0.3, -0.25) is 4.79 Å². The minimum absolute atomic E-state index is 0.222. The molecule has 166 valence electrons. The summed E-state index contributed by atoms with van der Waals surface area (Å²) in [6, 6.07) is 10.4. The van der Waals surface area contributed by atoms with Crippen LogP contribution in [0.1, 0.15) is 63.4 Å². The fourth-order valence-corrected chi connectivity index (χ4v) is 4.88. The van der Waals surface area contributed by atoms with Gasteiger partial charge in [-0.15, -0.1) is 0 Å². The Hall–Kier alpha value is -1.69. The van der Waals surface area contributed by atoms with E-state index in [-0.39, 0.29) is 18.4 Å². The van der Waals surface area contributed by atoms with E-state index in [2.05, 4.69) is 36.4 Å². The van der Waals surface area contributed by atoms with Crippen LogP contribution >= 0.6 is 0 Å². The number of aliphatic hydroxyl groups excluding tert-OH is 1. The SMILES string of the molecule is O=C(O)CCC/C=C\C[C@H]1CCC(O)[C@@H]1CCC1(CCc2ccccc2)OCCO1. The molecule has 0 spiro atoms. The van der Waals surface area contributed by atoms with Crippen molar-refractivity contribution in [2.45, 2.75) is 76.1 Å². The van der Waals surface area contributed by atoms with E-state index < -0.39 is 11.8 Å². The first-order valence-electron chi connectivity index (χ1n) is 11.4. The number of allylic oxidation sites excluding steroid dienone is 2. The lowest BCUT2D eigenvalue weighted by atomic mass is 9.85. The minimum atomic E-state index is -0.736. The molecule has 2 fully saturated rings. The second-order valence-corrected chi connectivity index (χ2v) is 8.69. The number of hydrogen-bond acceptors (Lipinski definition) is 4. The number of benzene rings is 1. The highest BCUT2D eigenvalue weighted by atomic mass is 16.7. The molecule has 2 aliphatic rings. The van der Waals surface area contributed by atoms with Crippen LogP contribution in [0.2, 0.25) is 0 Å². The van der Waals surface area contributed by atoms with Crippen molar-refractivity contribution in [1.82, 2.24) is 0 Å². The highest BCUT2D eigenvalue weighted by molar-refractivity contribution is 5.66. The first-order valence-corrected chi connectivity index (χ1v) is 11.4. The van der Waals surface area contributed by atoms with E-state index >= 15 is 0 Å². The van der Waals surface area contributed by atoms with E-state index in [1.165, 1.54) is 5.56 Å². The normalized spacial score (nSPS) is 25.8. The quantitative estimate of drug-likeness (QED) is 0.380. The predicted octanol–water partition coefficient (Wildman–Crippen LogP) is 4.73. The van der Waals surface area contributed by atoms with Gasteiger partial charge < -0.3 is 19.7 Å². The van der Waals surface area contributed by atoms with Crippen LogP contribution in [0.15, 0.2) is 42.5 Å². The van der Waals surface area contributed by atoms with Crippen molar-refractivity contribution in [1.29, 1.82) is 0 Å². The smallest absolute Gasteiger partial charge is 0.303 e. The number of aliphatic hydroxyl groups is 1. The molecule has 3 rings (SSSR count). The zero-order chi connectivity index (χ0) is 21.2. The molecule has 5 heteroatoms. The molecule has 1 aliphatic carbocycles. The predicted molar refractivity (Wildman–Crippen MR) is 116 cm³/mol.